The lowest BCUT2D eigenvalue weighted by molar-refractivity contribution is 0.0997. The average molecular weight is 300 g/mol. The molecule has 4 rings (SSSR count). The van der Waals surface area contributed by atoms with Crippen LogP contribution >= 0.6 is 11.8 Å². The summed E-state index contributed by atoms with van der Waals surface area (Å²) in [6.45, 7) is 0.824. The molecule has 0 aliphatic carbocycles. The standard InChI is InChI=1S/C14H12N4O2S/c19-12(11-8-9-4-1-2-5-10(9)20-11)15-13-16-17-14-18(13)6-3-7-21-14/h1-2,4-5,8H,3,6-7H2,(H,15,16,19). The third-order valence-corrected chi connectivity index (χ3v) is 4.40. The van der Waals surface area contributed by atoms with Gasteiger partial charge in [-0.25, -0.2) is 0 Å². The maximum atomic E-state index is 12.3. The minimum Gasteiger partial charge on any atom is -0.451 e. The van der Waals surface area contributed by atoms with Gasteiger partial charge in [0.15, 0.2) is 10.9 Å². The van der Waals surface area contributed by atoms with Crippen molar-refractivity contribution in [3.63, 3.8) is 0 Å². The summed E-state index contributed by atoms with van der Waals surface area (Å²) in [5.74, 6) is 1.48. The number of rotatable bonds is 2. The topological polar surface area (TPSA) is 73.0 Å². The first-order chi connectivity index (χ1) is 10.3. The number of hydrogen-bond donors (Lipinski definition) is 1. The Kier molecular flexibility index (Phi) is 2.92. The van der Waals surface area contributed by atoms with Crippen LogP contribution in [-0.4, -0.2) is 26.4 Å². The van der Waals surface area contributed by atoms with Crippen molar-refractivity contribution in [2.75, 3.05) is 11.1 Å². The third kappa shape index (κ3) is 2.19. The number of anilines is 1. The molecule has 1 aromatic carbocycles. The molecule has 7 heteroatoms. The van der Waals surface area contributed by atoms with Crippen LogP contribution in [0.1, 0.15) is 17.0 Å². The van der Waals surface area contributed by atoms with Gasteiger partial charge >= 0.3 is 0 Å². The van der Waals surface area contributed by atoms with Crippen LogP contribution in [0.5, 0.6) is 0 Å². The normalized spacial score (nSPS) is 14.1. The van der Waals surface area contributed by atoms with Crippen LogP contribution in [0.2, 0.25) is 0 Å². The Bertz CT molecular complexity index is 790. The van der Waals surface area contributed by atoms with Crippen LogP contribution in [-0.2, 0) is 6.54 Å². The van der Waals surface area contributed by atoms with Gasteiger partial charge in [0.05, 0.1) is 0 Å². The fourth-order valence-corrected chi connectivity index (χ4v) is 3.22. The molecule has 0 atom stereocenters. The first-order valence-electron chi connectivity index (χ1n) is 6.67. The molecule has 0 saturated carbocycles. The molecule has 0 saturated heterocycles. The number of carbonyl (C=O) groups excluding carboxylic acids is 1. The summed E-state index contributed by atoms with van der Waals surface area (Å²) in [5, 5.41) is 12.6. The number of para-hydroxylation sites is 1. The zero-order chi connectivity index (χ0) is 14.2. The van der Waals surface area contributed by atoms with E-state index in [1.807, 2.05) is 28.8 Å². The van der Waals surface area contributed by atoms with Gasteiger partial charge in [-0.05, 0) is 18.6 Å². The molecule has 3 aromatic rings. The Balaban J connectivity index is 1.62. The Labute approximate surface area is 124 Å². The number of benzene rings is 1. The van der Waals surface area contributed by atoms with Gasteiger partial charge in [-0.1, -0.05) is 30.0 Å². The van der Waals surface area contributed by atoms with E-state index in [4.69, 9.17) is 4.42 Å². The highest BCUT2D eigenvalue weighted by Gasteiger charge is 2.20. The van der Waals surface area contributed by atoms with Crippen molar-refractivity contribution in [2.45, 2.75) is 18.1 Å². The van der Waals surface area contributed by atoms with Crippen LogP contribution < -0.4 is 5.32 Å². The molecule has 3 heterocycles. The molecule has 1 aliphatic rings. The summed E-state index contributed by atoms with van der Waals surface area (Å²) in [7, 11) is 0. The maximum Gasteiger partial charge on any atom is 0.293 e. The predicted octanol–water partition coefficient (Wildman–Crippen LogP) is 2.77. The highest BCUT2D eigenvalue weighted by atomic mass is 32.2. The highest BCUT2D eigenvalue weighted by molar-refractivity contribution is 7.99. The third-order valence-electron chi connectivity index (χ3n) is 3.35. The smallest absolute Gasteiger partial charge is 0.293 e. The molecule has 1 N–H and O–H groups in total. The van der Waals surface area contributed by atoms with Crippen LogP contribution in [0.4, 0.5) is 5.95 Å². The predicted molar refractivity (Wildman–Crippen MR) is 79.5 cm³/mol. The number of nitrogens with one attached hydrogen (secondary N) is 1. The van der Waals surface area contributed by atoms with Crippen molar-refractivity contribution in [3.05, 3.63) is 36.1 Å². The second-order valence-corrected chi connectivity index (χ2v) is 5.82. The van der Waals surface area contributed by atoms with E-state index >= 15 is 0 Å². The Hall–Kier alpha value is -2.28. The largest absolute Gasteiger partial charge is 0.451 e. The quantitative estimate of drug-likeness (QED) is 0.788. The van der Waals surface area contributed by atoms with Gasteiger partial charge in [-0.2, -0.15) is 0 Å². The van der Waals surface area contributed by atoms with Gasteiger partial charge < -0.3 is 4.42 Å². The number of nitrogens with zero attached hydrogens (tertiary/aromatic N) is 3. The molecule has 1 amide bonds. The van der Waals surface area contributed by atoms with Gasteiger partial charge in [0.1, 0.15) is 5.58 Å². The van der Waals surface area contributed by atoms with E-state index in [1.54, 1.807) is 17.8 Å². The van der Waals surface area contributed by atoms with E-state index in [0.29, 0.717) is 11.5 Å². The molecule has 6 nitrogen and oxygen atoms in total. The summed E-state index contributed by atoms with van der Waals surface area (Å²) >= 11 is 1.65. The summed E-state index contributed by atoms with van der Waals surface area (Å²) in [4.78, 5) is 12.3. The lowest BCUT2D eigenvalue weighted by atomic mass is 10.2. The first kappa shape index (κ1) is 12.5. The van der Waals surface area contributed by atoms with E-state index in [1.165, 1.54) is 0 Å². The van der Waals surface area contributed by atoms with Crippen LogP contribution in [0.15, 0.2) is 39.9 Å². The van der Waals surface area contributed by atoms with Gasteiger partial charge in [-0.3, -0.25) is 14.7 Å². The minimum atomic E-state index is -0.308. The molecule has 106 valence electrons. The lowest BCUT2D eigenvalue weighted by Gasteiger charge is -2.13. The maximum absolute atomic E-state index is 12.3. The van der Waals surface area contributed by atoms with Gasteiger partial charge in [0.2, 0.25) is 5.95 Å². The molecule has 2 aromatic heterocycles. The van der Waals surface area contributed by atoms with Gasteiger partial charge in [0.25, 0.3) is 5.91 Å². The highest BCUT2D eigenvalue weighted by Crippen LogP contribution is 2.26. The molecule has 1 aliphatic heterocycles. The molecule has 0 spiro atoms. The van der Waals surface area contributed by atoms with Crippen molar-refractivity contribution in [2.24, 2.45) is 0 Å². The number of furan rings is 1. The number of hydrogen-bond acceptors (Lipinski definition) is 5. The lowest BCUT2D eigenvalue weighted by Crippen LogP contribution is -2.17. The monoisotopic (exact) mass is 300 g/mol. The van der Waals surface area contributed by atoms with Crippen molar-refractivity contribution >= 4 is 34.6 Å². The van der Waals surface area contributed by atoms with Crippen molar-refractivity contribution < 1.29 is 9.21 Å². The van der Waals surface area contributed by atoms with E-state index in [9.17, 15) is 4.79 Å². The zero-order valence-corrected chi connectivity index (χ0v) is 11.9. The van der Waals surface area contributed by atoms with E-state index < -0.39 is 0 Å². The van der Waals surface area contributed by atoms with E-state index in [2.05, 4.69) is 15.5 Å². The number of fused-ring (bicyclic) bond motifs is 2. The molecule has 0 unspecified atom stereocenters. The molecular formula is C14H12N4O2S. The summed E-state index contributed by atoms with van der Waals surface area (Å²) < 4.78 is 7.47. The fourth-order valence-electron chi connectivity index (χ4n) is 2.33. The van der Waals surface area contributed by atoms with Crippen molar-refractivity contribution in [1.82, 2.24) is 14.8 Å². The van der Waals surface area contributed by atoms with E-state index in [0.717, 1.165) is 29.3 Å². The number of carbonyl (C=O) groups is 1. The second-order valence-electron chi connectivity index (χ2n) is 4.76. The van der Waals surface area contributed by atoms with Gasteiger partial charge in [-0.15, -0.1) is 10.2 Å². The van der Waals surface area contributed by atoms with Crippen molar-refractivity contribution in [1.29, 1.82) is 0 Å². The molecule has 21 heavy (non-hydrogen) atoms. The second kappa shape index (κ2) is 4.92. The van der Waals surface area contributed by atoms with Crippen LogP contribution in [0.25, 0.3) is 11.0 Å². The first-order valence-corrected chi connectivity index (χ1v) is 7.66. The SMILES string of the molecule is O=C(Nc1nnc2n1CCCS2)c1cc2ccccc2o1. The number of aromatic nitrogens is 3. The van der Waals surface area contributed by atoms with Crippen LogP contribution in [0, 0.1) is 0 Å². The van der Waals surface area contributed by atoms with Crippen molar-refractivity contribution in [3.8, 4) is 0 Å². The molecule has 0 radical (unpaired) electrons. The Morgan fingerprint density at radius 2 is 2.24 bits per heavy atom. The average Bonchev–Trinajstić information content (AvgIpc) is 3.11. The number of amides is 1. The Morgan fingerprint density at radius 1 is 1.33 bits per heavy atom. The number of thioether (sulfide) groups is 1. The van der Waals surface area contributed by atoms with Gasteiger partial charge in [0, 0.05) is 17.7 Å². The summed E-state index contributed by atoms with van der Waals surface area (Å²) in [5.41, 5.74) is 0.696. The molecule has 0 bridgehead atoms. The summed E-state index contributed by atoms with van der Waals surface area (Å²) in [6, 6.07) is 9.26. The van der Waals surface area contributed by atoms with Crippen LogP contribution in [0.3, 0.4) is 0 Å². The zero-order valence-electron chi connectivity index (χ0n) is 11.1. The molecular weight excluding hydrogens is 288 g/mol. The fraction of sp³-hybridized carbons (Fsp3) is 0.214. The summed E-state index contributed by atoms with van der Waals surface area (Å²) in [6.07, 6.45) is 1.04. The van der Waals surface area contributed by atoms with E-state index in [-0.39, 0.29) is 11.7 Å². The minimum absolute atomic E-state index is 0.275. The molecule has 0 fully saturated rings. The Morgan fingerprint density at radius 3 is 3.14 bits per heavy atom.